The molecule has 186 valence electrons. The van der Waals surface area contributed by atoms with Crippen molar-refractivity contribution in [3.05, 3.63) is 16.8 Å². The van der Waals surface area contributed by atoms with E-state index in [1.54, 1.807) is 6.33 Å². The lowest BCUT2D eigenvalue weighted by Gasteiger charge is -2.26. The van der Waals surface area contributed by atoms with Crippen LogP contribution in [0.2, 0.25) is 0 Å². The fourth-order valence-electron chi connectivity index (χ4n) is 3.40. The van der Waals surface area contributed by atoms with Crippen molar-refractivity contribution < 1.29 is 44.3 Å². The number of aryl methyl sites for hydroxylation is 2. The van der Waals surface area contributed by atoms with Gasteiger partial charge >= 0.3 is 23.9 Å². The molecule has 0 unspecified atom stereocenters. The first-order valence-electron chi connectivity index (χ1n) is 10.4. The number of carboxylic acid groups (broad SMARTS) is 4. The van der Waals surface area contributed by atoms with Crippen LogP contribution in [0.3, 0.4) is 0 Å². The third-order valence-electron chi connectivity index (χ3n) is 4.91. The van der Waals surface area contributed by atoms with E-state index in [1.165, 1.54) is 35.1 Å². The first kappa shape index (κ1) is 26.9. The molecule has 3 heterocycles. The number of rotatable bonds is 5. The van der Waals surface area contributed by atoms with E-state index < -0.39 is 23.9 Å². The van der Waals surface area contributed by atoms with Gasteiger partial charge in [0.05, 0.1) is 18.6 Å². The zero-order valence-electron chi connectivity index (χ0n) is 18.2. The molecule has 5 N–H and O–H groups in total. The highest BCUT2D eigenvalue weighted by Gasteiger charge is 2.21. The van der Waals surface area contributed by atoms with Crippen molar-refractivity contribution in [3.63, 3.8) is 0 Å². The Bertz CT molecular complexity index is 973. The highest BCUT2D eigenvalue weighted by molar-refractivity contribution is 7.19. The van der Waals surface area contributed by atoms with E-state index in [9.17, 15) is 0 Å². The van der Waals surface area contributed by atoms with Crippen LogP contribution in [-0.4, -0.2) is 98.6 Å². The number of morpholine rings is 1. The Balaban J connectivity index is 0.000000285. The van der Waals surface area contributed by atoms with Crippen LogP contribution in [0, 0.1) is 0 Å². The number of hydrogen-bond acceptors (Lipinski definition) is 10. The van der Waals surface area contributed by atoms with Gasteiger partial charge in [-0.05, 0) is 37.8 Å². The molecule has 13 nitrogen and oxygen atoms in total. The number of carbonyl (C=O) groups is 4. The van der Waals surface area contributed by atoms with Gasteiger partial charge in [-0.25, -0.2) is 29.1 Å². The molecule has 0 aromatic carbocycles. The molecule has 14 heteroatoms. The van der Waals surface area contributed by atoms with Crippen LogP contribution < -0.4 is 5.32 Å². The topological polar surface area (TPSA) is 199 Å². The molecule has 0 atom stereocenters. The van der Waals surface area contributed by atoms with Crippen molar-refractivity contribution in [1.82, 2.24) is 14.9 Å². The molecule has 4 rings (SSSR count). The van der Waals surface area contributed by atoms with Crippen LogP contribution >= 0.6 is 11.3 Å². The summed E-state index contributed by atoms with van der Waals surface area (Å²) in [7, 11) is 0. The number of thiophene rings is 1. The Kier molecular flexibility index (Phi) is 10.6. The van der Waals surface area contributed by atoms with E-state index >= 15 is 0 Å². The number of carboxylic acids is 4. The van der Waals surface area contributed by atoms with Gasteiger partial charge in [0.2, 0.25) is 0 Å². The number of hydrogen-bond donors (Lipinski definition) is 5. The number of aliphatic carboxylic acids is 4. The van der Waals surface area contributed by atoms with Crippen molar-refractivity contribution in [2.75, 3.05) is 44.7 Å². The Morgan fingerprint density at radius 2 is 1.59 bits per heavy atom. The van der Waals surface area contributed by atoms with Gasteiger partial charge in [-0.15, -0.1) is 11.3 Å². The minimum absolute atomic E-state index is 0.876. The average Bonchev–Trinajstić information content (AvgIpc) is 3.39. The smallest absolute Gasteiger partial charge is 0.414 e. The van der Waals surface area contributed by atoms with E-state index in [-0.39, 0.29) is 0 Å². The van der Waals surface area contributed by atoms with Crippen LogP contribution in [0.25, 0.3) is 10.2 Å². The number of aromatic nitrogens is 2. The molecule has 0 spiro atoms. The van der Waals surface area contributed by atoms with Crippen LogP contribution in [0.4, 0.5) is 5.82 Å². The van der Waals surface area contributed by atoms with Gasteiger partial charge in [0.25, 0.3) is 0 Å². The highest BCUT2D eigenvalue weighted by atomic mass is 32.1. The molecule has 1 aliphatic heterocycles. The lowest BCUT2D eigenvalue weighted by molar-refractivity contribution is -0.159. The van der Waals surface area contributed by atoms with E-state index in [1.807, 2.05) is 11.3 Å². The van der Waals surface area contributed by atoms with Gasteiger partial charge in [-0.1, -0.05) is 0 Å². The van der Waals surface area contributed by atoms with Gasteiger partial charge in [0.1, 0.15) is 17.0 Å². The molecular weight excluding hydrogens is 472 g/mol. The van der Waals surface area contributed by atoms with Gasteiger partial charge in [0.15, 0.2) is 0 Å². The Morgan fingerprint density at radius 3 is 2.18 bits per heavy atom. The van der Waals surface area contributed by atoms with Crippen molar-refractivity contribution in [2.24, 2.45) is 0 Å². The number of nitrogens with zero attached hydrogens (tertiary/aromatic N) is 3. The summed E-state index contributed by atoms with van der Waals surface area (Å²) >= 11 is 1.85. The van der Waals surface area contributed by atoms with E-state index in [0.717, 1.165) is 56.5 Å². The quantitative estimate of drug-likeness (QED) is 0.284. The second-order valence-corrected chi connectivity index (χ2v) is 8.30. The molecular formula is C20H26N4O9S. The lowest BCUT2D eigenvalue weighted by atomic mass is 10.2. The summed E-state index contributed by atoms with van der Waals surface area (Å²) in [5.41, 5.74) is 1.50. The molecule has 0 radical (unpaired) electrons. The molecule has 2 aromatic rings. The van der Waals surface area contributed by atoms with Crippen LogP contribution in [0.1, 0.15) is 23.3 Å². The normalized spacial score (nSPS) is 14.7. The summed E-state index contributed by atoms with van der Waals surface area (Å²) in [6, 6.07) is 0. The fourth-order valence-corrected chi connectivity index (χ4v) is 4.63. The van der Waals surface area contributed by atoms with Crippen molar-refractivity contribution in [3.8, 4) is 0 Å². The first-order chi connectivity index (χ1) is 16.2. The van der Waals surface area contributed by atoms with Gasteiger partial charge in [0, 0.05) is 24.5 Å². The summed E-state index contributed by atoms with van der Waals surface area (Å²) in [4.78, 5) is 50.5. The van der Waals surface area contributed by atoms with Crippen LogP contribution in [-0.2, 0) is 36.8 Å². The fraction of sp³-hybridized carbons (Fsp3) is 0.500. The predicted octanol–water partition coefficient (Wildman–Crippen LogP) is 0.625. The summed E-state index contributed by atoms with van der Waals surface area (Å²) < 4.78 is 5.38. The Hall–Kier alpha value is -3.36. The standard InChI is InChI=1S/C16H22N4OS.2C2H2O4/c1-3-12-13(4-1)22-16-14(12)15(18-11-19-16)17-5-2-6-20-7-9-21-10-8-20;2*3-1(4)2(5)6/h11H,1-10H2,(H,17,18,19);2*(H,3,4)(H,5,6). The molecule has 1 aliphatic carbocycles. The van der Waals surface area contributed by atoms with Crippen molar-refractivity contribution in [2.45, 2.75) is 25.7 Å². The number of fused-ring (bicyclic) bond motifs is 3. The molecule has 2 aliphatic rings. The Labute approximate surface area is 198 Å². The van der Waals surface area contributed by atoms with Crippen molar-refractivity contribution >= 4 is 51.2 Å². The van der Waals surface area contributed by atoms with Gasteiger partial charge in [-0.2, -0.15) is 0 Å². The summed E-state index contributed by atoms with van der Waals surface area (Å²) in [5.74, 6) is -6.26. The van der Waals surface area contributed by atoms with Gasteiger partial charge < -0.3 is 30.5 Å². The molecule has 34 heavy (non-hydrogen) atoms. The van der Waals surface area contributed by atoms with E-state index in [0.29, 0.717) is 0 Å². The van der Waals surface area contributed by atoms with E-state index in [4.69, 9.17) is 44.3 Å². The zero-order chi connectivity index (χ0) is 25.1. The van der Waals surface area contributed by atoms with Crippen LogP contribution in [0.5, 0.6) is 0 Å². The lowest BCUT2D eigenvalue weighted by Crippen LogP contribution is -2.37. The number of anilines is 1. The summed E-state index contributed by atoms with van der Waals surface area (Å²) in [6.07, 6.45) is 6.51. The Morgan fingerprint density at radius 1 is 0.971 bits per heavy atom. The summed E-state index contributed by atoms with van der Waals surface area (Å²) in [6.45, 7) is 5.98. The molecule has 1 fully saturated rings. The maximum Gasteiger partial charge on any atom is 0.414 e. The average molecular weight is 499 g/mol. The molecule has 0 saturated carbocycles. The second kappa shape index (κ2) is 13.4. The van der Waals surface area contributed by atoms with Crippen LogP contribution in [0.15, 0.2) is 6.33 Å². The first-order valence-corrected chi connectivity index (χ1v) is 11.2. The van der Waals surface area contributed by atoms with Gasteiger partial charge in [-0.3, -0.25) is 4.90 Å². The highest BCUT2D eigenvalue weighted by Crippen LogP contribution is 2.38. The molecule has 2 aromatic heterocycles. The predicted molar refractivity (Wildman–Crippen MR) is 120 cm³/mol. The third kappa shape index (κ3) is 8.20. The largest absolute Gasteiger partial charge is 0.473 e. The number of ether oxygens (including phenoxy) is 1. The minimum Gasteiger partial charge on any atom is -0.473 e. The molecule has 0 amide bonds. The second-order valence-electron chi connectivity index (χ2n) is 7.21. The third-order valence-corrected chi connectivity index (χ3v) is 6.11. The number of nitrogens with one attached hydrogen (secondary N) is 1. The molecule has 1 saturated heterocycles. The van der Waals surface area contributed by atoms with Crippen molar-refractivity contribution in [1.29, 1.82) is 0 Å². The van der Waals surface area contributed by atoms with E-state index in [2.05, 4.69) is 20.2 Å². The SMILES string of the molecule is O=C(O)C(=O)O.O=C(O)C(=O)O.c1nc(NCCCN2CCOCC2)c2c3c(sc2n1)CCC3. The maximum absolute atomic E-state index is 9.10. The molecule has 0 bridgehead atoms. The summed E-state index contributed by atoms with van der Waals surface area (Å²) in [5, 5.41) is 34.4. The monoisotopic (exact) mass is 498 g/mol. The maximum atomic E-state index is 9.10. The zero-order valence-corrected chi connectivity index (χ0v) is 19.0. The minimum atomic E-state index is -1.82.